The summed E-state index contributed by atoms with van der Waals surface area (Å²) in [4.78, 5) is 24.0. The van der Waals surface area contributed by atoms with Crippen molar-refractivity contribution in [3.8, 4) is 0 Å². The maximum Gasteiger partial charge on any atom is 0.332 e. The summed E-state index contributed by atoms with van der Waals surface area (Å²) in [6.07, 6.45) is 0.813. The lowest BCUT2D eigenvalue weighted by atomic mass is 10.1. The number of carbonyl (C=O) groups excluding carboxylic acids is 2. The second-order valence-electron chi connectivity index (χ2n) is 4.05. The van der Waals surface area contributed by atoms with Crippen molar-refractivity contribution >= 4 is 11.9 Å². The third kappa shape index (κ3) is 5.14. The van der Waals surface area contributed by atoms with Gasteiger partial charge in [0.25, 0.3) is 0 Å². The molecule has 2 N–H and O–H groups in total. The van der Waals surface area contributed by atoms with E-state index in [1.165, 1.54) is 0 Å². The number of carbonyl (C=O) groups is 2. The number of hydrogen-bond donors (Lipinski definition) is 1. The number of hydrogen-bond acceptors (Lipinski definition) is 5. The Morgan fingerprint density at radius 1 is 1.47 bits per heavy atom. The van der Waals surface area contributed by atoms with Crippen LogP contribution in [0.1, 0.15) is 13.3 Å². The van der Waals surface area contributed by atoms with Gasteiger partial charge in [0.15, 0.2) is 0 Å². The van der Waals surface area contributed by atoms with Gasteiger partial charge in [-0.3, -0.25) is 4.79 Å². The van der Waals surface area contributed by atoms with Crippen LogP contribution >= 0.6 is 0 Å². The summed E-state index contributed by atoms with van der Waals surface area (Å²) in [6.45, 7) is 4.84. The fourth-order valence-corrected chi connectivity index (χ4v) is 1.82. The summed E-state index contributed by atoms with van der Waals surface area (Å²) >= 11 is 0. The number of nitrogens with zero attached hydrogens (tertiary/aromatic N) is 1. The first-order chi connectivity index (χ1) is 8.13. The highest BCUT2D eigenvalue weighted by molar-refractivity contribution is 5.77. The molecule has 0 radical (unpaired) electrons. The number of esters is 1. The molecule has 1 fully saturated rings. The maximum atomic E-state index is 11.0. The lowest BCUT2D eigenvalue weighted by molar-refractivity contribution is -0.148. The molecule has 1 atom stereocenters. The Labute approximate surface area is 101 Å². The molecule has 0 aromatic heterocycles. The van der Waals surface area contributed by atoms with Crippen LogP contribution < -0.4 is 5.73 Å². The van der Waals surface area contributed by atoms with E-state index in [-0.39, 0.29) is 24.4 Å². The monoisotopic (exact) mass is 244 g/mol. The van der Waals surface area contributed by atoms with E-state index in [4.69, 9.17) is 15.2 Å². The first-order valence-electron chi connectivity index (χ1n) is 5.88. The first kappa shape index (κ1) is 13.9. The molecule has 0 aromatic rings. The van der Waals surface area contributed by atoms with Crippen molar-refractivity contribution in [2.45, 2.75) is 13.3 Å². The van der Waals surface area contributed by atoms with Crippen molar-refractivity contribution in [1.29, 1.82) is 0 Å². The minimum Gasteiger partial charge on any atom is -0.464 e. The van der Waals surface area contributed by atoms with E-state index >= 15 is 0 Å². The minimum atomic E-state index is -0.344. The third-order valence-electron chi connectivity index (χ3n) is 2.75. The minimum absolute atomic E-state index is 0.0130. The number of nitrogens with two attached hydrogens (primary N) is 1. The molecular weight excluding hydrogens is 224 g/mol. The van der Waals surface area contributed by atoms with Crippen LogP contribution in [0, 0.1) is 5.92 Å². The zero-order valence-electron chi connectivity index (χ0n) is 10.2. The Bertz CT molecular complexity index is 270. The normalized spacial score (nSPS) is 20.4. The molecule has 1 saturated heterocycles. The van der Waals surface area contributed by atoms with Crippen LogP contribution in [0.5, 0.6) is 0 Å². The van der Waals surface area contributed by atoms with Crippen molar-refractivity contribution in [2.75, 3.05) is 39.5 Å². The average molecular weight is 244 g/mol. The number of ether oxygens (including phenoxy) is 2. The van der Waals surface area contributed by atoms with Crippen LogP contribution in [-0.2, 0) is 19.1 Å². The van der Waals surface area contributed by atoms with Gasteiger partial charge in [0, 0.05) is 13.1 Å². The van der Waals surface area contributed by atoms with Crippen LogP contribution in [0.25, 0.3) is 0 Å². The summed E-state index contributed by atoms with van der Waals surface area (Å²) in [7, 11) is 0. The molecule has 0 saturated carbocycles. The molecule has 1 unspecified atom stereocenters. The van der Waals surface area contributed by atoms with Crippen LogP contribution in [0.2, 0.25) is 0 Å². The van der Waals surface area contributed by atoms with Crippen molar-refractivity contribution in [2.24, 2.45) is 11.7 Å². The molecule has 1 aliphatic rings. The van der Waals surface area contributed by atoms with E-state index in [9.17, 15) is 9.59 Å². The zero-order chi connectivity index (χ0) is 12.7. The summed E-state index contributed by atoms with van der Waals surface area (Å²) in [5.74, 6) is -0.621. The molecule has 0 aliphatic carbocycles. The second kappa shape index (κ2) is 7.24. The Balaban J connectivity index is 2.04. The third-order valence-corrected chi connectivity index (χ3v) is 2.75. The van der Waals surface area contributed by atoms with Gasteiger partial charge in [-0.2, -0.15) is 0 Å². The molecule has 1 rings (SSSR count). The van der Waals surface area contributed by atoms with Gasteiger partial charge in [-0.25, -0.2) is 4.79 Å². The molecule has 6 heteroatoms. The summed E-state index contributed by atoms with van der Waals surface area (Å²) in [5, 5.41) is 0. The van der Waals surface area contributed by atoms with Gasteiger partial charge < -0.3 is 20.1 Å². The highest BCUT2D eigenvalue weighted by Crippen LogP contribution is 2.14. The highest BCUT2D eigenvalue weighted by Gasteiger charge is 2.25. The molecule has 1 amide bonds. The molecule has 98 valence electrons. The first-order valence-corrected chi connectivity index (χ1v) is 5.88. The Morgan fingerprint density at radius 3 is 2.82 bits per heavy atom. The molecule has 0 aromatic carbocycles. The largest absolute Gasteiger partial charge is 0.464 e. The number of amides is 1. The van der Waals surface area contributed by atoms with Crippen molar-refractivity contribution < 1.29 is 19.1 Å². The van der Waals surface area contributed by atoms with Crippen molar-refractivity contribution in [3.05, 3.63) is 0 Å². The number of primary amides is 1. The van der Waals surface area contributed by atoms with E-state index < -0.39 is 0 Å². The molecule has 17 heavy (non-hydrogen) atoms. The predicted octanol–water partition coefficient (Wildman–Crippen LogP) is -0.627. The van der Waals surface area contributed by atoms with Gasteiger partial charge in [-0.1, -0.05) is 0 Å². The Hall–Kier alpha value is -1.14. The molecule has 0 bridgehead atoms. The molecule has 1 aliphatic heterocycles. The lowest BCUT2D eigenvalue weighted by Gasteiger charge is -2.14. The zero-order valence-corrected chi connectivity index (χ0v) is 10.2. The van der Waals surface area contributed by atoms with Crippen LogP contribution in [0.4, 0.5) is 0 Å². The molecule has 0 spiro atoms. The topological polar surface area (TPSA) is 81.9 Å². The number of rotatable bonds is 7. The van der Waals surface area contributed by atoms with Gasteiger partial charge in [0.2, 0.25) is 5.91 Å². The number of likely N-dealkylation sites (tertiary alicyclic amines) is 1. The van der Waals surface area contributed by atoms with E-state index in [0.29, 0.717) is 26.3 Å². The second-order valence-corrected chi connectivity index (χ2v) is 4.05. The quantitative estimate of drug-likeness (QED) is 0.476. The smallest absolute Gasteiger partial charge is 0.332 e. The molecular formula is C11H20N2O4. The SMILES string of the molecule is CCOC(=O)COCCN1CCC(C(N)=O)C1. The molecule has 6 nitrogen and oxygen atoms in total. The van der Waals surface area contributed by atoms with Crippen LogP contribution in [0.15, 0.2) is 0 Å². The van der Waals surface area contributed by atoms with E-state index in [1.807, 2.05) is 0 Å². The van der Waals surface area contributed by atoms with Gasteiger partial charge in [0.1, 0.15) is 6.61 Å². The maximum absolute atomic E-state index is 11.0. The van der Waals surface area contributed by atoms with Crippen LogP contribution in [-0.4, -0.2) is 56.2 Å². The van der Waals surface area contributed by atoms with Crippen LogP contribution in [0.3, 0.4) is 0 Å². The van der Waals surface area contributed by atoms with Crippen molar-refractivity contribution in [3.63, 3.8) is 0 Å². The predicted molar refractivity (Wildman–Crippen MR) is 61.2 cm³/mol. The summed E-state index contributed by atoms with van der Waals surface area (Å²) in [5.41, 5.74) is 5.23. The van der Waals surface area contributed by atoms with Crippen molar-refractivity contribution in [1.82, 2.24) is 4.90 Å². The summed E-state index contributed by atoms with van der Waals surface area (Å²) in [6, 6.07) is 0. The fourth-order valence-electron chi connectivity index (χ4n) is 1.82. The fraction of sp³-hybridized carbons (Fsp3) is 0.818. The Morgan fingerprint density at radius 2 is 2.24 bits per heavy atom. The van der Waals surface area contributed by atoms with Gasteiger partial charge in [0.05, 0.1) is 19.1 Å². The summed E-state index contributed by atoms with van der Waals surface area (Å²) < 4.78 is 9.90. The standard InChI is InChI=1S/C11H20N2O4/c1-2-17-10(14)8-16-6-5-13-4-3-9(7-13)11(12)15/h9H,2-8H2,1H3,(H2,12,15). The highest BCUT2D eigenvalue weighted by atomic mass is 16.6. The average Bonchev–Trinajstić information content (AvgIpc) is 2.73. The molecule has 1 heterocycles. The lowest BCUT2D eigenvalue weighted by Crippen LogP contribution is -2.30. The van der Waals surface area contributed by atoms with Gasteiger partial charge >= 0.3 is 5.97 Å². The van der Waals surface area contributed by atoms with Gasteiger partial charge in [-0.05, 0) is 19.9 Å². The van der Waals surface area contributed by atoms with E-state index in [2.05, 4.69) is 4.90 Å². The van der Waals surface area contributed by atoms with E-state index in [0.717, 1.165) is 13.0 Å². The van der Waals surface area contributed by atoms with Gasteiger partial charge in [-0.15, -0.1) is 0 Å². The Kier molecular flexibility index (Phi) is 5.93. The van der Waals surface area contributed by atoms with E-state index in [1.54, 1.807) is 6.92 Å².